The fourth-order valence-electron chi connectivity index (χ4n) is 3.27. The number of carbonyl (C=O) groups is 1. The smallest absolute Gasteiger partial charge is 0.220 e. The highest BCUT2D eigenvalue weighted by atomic mass is 16.1. The third kappa shape index (κ3) is 5.65. The lowest BCUT2D eigenvalue weighted by atomic mass is 9.93. The van der Waals surface area contributed by atoms with Gasteiger partial charge in [0.2, 0.25) is 5.91 Å². The molecule has 1 aliphatic rings. The summed E-state index contributed by atoms with van der Waals surface area (Å²) in [5.41, 5.74) is 2.53. The monoisotopic (exact) mass is 316 g/mol. The number of amides is 1. The largest absolute Gasteiger partial charge is 0.354 e. The number of nitrogens with one attached hydrogen (secondary N) is 1. The van der Waals surface area contributed by atoms with Crippen molar-refractivity contribution in [3.63, 3.8) is 0 Å². The molecule has 128 valence electrons. The Balaban J connectivity index is 1.75. The first-order valence-electron chi connectivity index (χ1n) is 8.94. The molecule has 0 bridgehead atoms. The van der Waals surface area contributed by atoms with Gasteiger partial charge in [-0.1, -0.05) is 36.8 Å². The second-order valence-electron chi connectivity index (χ2n) is 7.77. The molecule has 1 fully saturated rings. The maximum absolute atomic E-state index is 12.1. The number of hydrogen-bond donors (Lipinski definition) is 1. The van der Waals surface area contributed by atoms with Crippen LogP contribution in [0.1, 0.15) is 51.2 Å². The zero-order valence-corrected chi connectivity index (χ0v) is 15.2. The fraction of sp³-hybridized carbons (Fsp3) is 0.650. The van der Waals surface area contributed by atoms with E-state index >= 15 is 0 Å². The van der Waals surface area contributed by atoms with Gasteiger partial charge in [-0.3, -0.25) is 9.69 Å². The number of aryl methyl sites for hydroxylation is 2. The van der Waals surface area contributed by atoms with Crippen molar-refractivity contribution < 1.29 is 4.79 Å². The van der Waals surface area contributed by atoms with Gasteiger partial charge >= 0.3 is 0 Å². The Bertz CT molecular complexity index is 507. The van der Waals surface area contributed by atoms with Crippen molar-refractivity contribution in [1.82, 2.24) is 10.2 Å². The van der Waals surface area contributed by atoms with Crippen molar-refractivity contribution in [2.45, 2.75) is 58.9 Å². The Morgan fingerprint density at radius 3 is 2.65 bits per heavy atom. The van der Waals surface area contributed by atoms with Gasteiger partial charge in [0, 0.05) is 25.0 Å². The van der Waals surface area contributed by atoms with Gasteiger partial charge in [-0.25, -0.2) is 0 Å². The number of benzene rings is 1. The van der Waals surface area contributed by atoms with Crippen molar-refractivity contribution >= 4 is 5.91 Å². The van der Waals surface area contributed by atoms with Crippen LogP contribution >= 0.6 is 0 Å². The molecule has 3 nitrogen and oxygen atoms in total. The van der Waals surface area contributed by atoms with Crippen molar-refractivity contribution in [3.8, 4) is 0 Å². The van der Waals surface area contributed by atoms with Gasteiger partial charge in [-0.2, -0.15) is 0 Å². The van der Waals surface area contributed by atoms with Gasteiger partial charge in [-0.05, 0) is 58.1 Å². The van der Waals surface area contributed by atoms with Crippen LogP contribution in [0, 0.1) is 12.8 Å². The molecule has 2 rings (SSSR count). The van der Waals surface area contributed by atoms with E-state index in [9.17, 15) is 4.79 Å². The Morgan fingerprint density at radius 1 is 1.30 bits per heavy atom. The molecule has 1 aliphatic heterocycles. The van der Waals surface area contributed by atoms with Crippen LogP contribution < -0.4 is 5.32 Å². The molecule has 0 saturated carbocycles. The zero-order chi connectivity index (χ0) is 16.9. The van der Waals surface area contributed by atoms with E-state index in [1.807, 2.05) is 0 Å². The van der Waals surface area contributed by atoms with Gasteiger partial charge in [0.1, 0.15) is 0 Å². The summed E-state index contributed by atoms with van der Waals surface area (Å²) in [7, 11) is 0. The first-order valence-corrected chi connectivity index (χ1v) is 8.94. The molecular weight excluding hydrogens is 284 g/mol. The number of carbonyl (C=O) groups excluding carboxylic acids is 1. The summed E-state index contributed by atoms with van der Waals surface area (Å²) in [6, 6.07) is 8.44. The highest BCUT2D eigenvalue weighted by Gasteiger charge is 2.30. The lowest BCUT2D eigenvalue weighted by Gasteiger charge is -2.43. The minimum absolute atomic E-state index is 0.0359. The summed E-state index contributed by atoms with van der Waals surface area (Å²) in [4.78, 5) is 14.7. The van der Waals surface area contributed by atoms with E-state index in [0.717, 1.165) is 32.0 Å². The Labute approximate surface area is 141 Å². The van der Waals surface area contributed by atoms with E-state index in [-0.39, 0.29) is 11.4 Å². The molecule has 0 spiro atoms. The van der Waals surface area contributed by atoms with E-state index in [1.54, 1.807) is 0 Å². The Hall–Kier alpha value is -1.35. The average molecular weight is 316 g/mol. The molecule has 1 atom stereocenters. The normalized spacial score (nSPS) is 19.6. The summed E-state index contributed by atoms with van der Waals surface area (Å²) in [6.45, 7) is 11.9. The zero-order valence-electron chi connectivity index (χ0n) is 15.2. The van der Waals surface area contributed by atoms with Gasteiger partial charge in [0.15, 0.2) is 0 Å². The van der Waals surface area contributed by atoms with Gasteiger partial charge in [0.25, 0.3) is 0 Å². The minimum Gasteiger partial charge on any atom is -0.354 e. The standard InChI is InChI=1S/C20H32N2O/c1-16-7-9-18(10-8-16)11-12-19(23)21-15-20(3,4)22-13-5-6-17(2)14-22/h7-10,17H,5-6,11-15H2,1-4H3,(H,21,23). The lowest BCUT2D eigenvalue weighted by molar-refractivity contribution is -0.121. The van der Waals surface area contributed by atoms with Crippen LogP contribution in [0.5, 0.6) is 0 Å². The van der Waals surface area contributed by atoms with Gasteiger partial charge in [-0.15, -0.1) is 0 Å². The number of nitrogens with zero attached hydrogens (tertiary/aromatic N) is 1. The maximum Gasteiger partial charge on any atom is 0.220 e. The second-order valence-corrected chi connectivity index (χ2v) is 7.77. The highest BCUT2D eigenvalue weighted by molar-refractivity contribution is 5.76. The van der Waals surface area contributed by atoms with Crippen molar-refractivity contribution in [2.24, 2.45) is 5.92 Å². The third-order valence-electron chi connectivity index (χ3n) is 4.99. The Kier molecular flexibility index (Phi) is 6.23. The lowest BCUT2D eigenvalue weighted by Crippen LogP contribution is -2.54. The Morgan fingerprint density at radius 2 is 2.00 bits per heavy atom. The van der Waals surface area contributed by atoms with Crippen LogP contribution in [-0.2, 0) is 11.2 Å². The van der Waals surface area contributed by atoms with Crippen LogP contribution in [-0.4, -0.2) is 36.0 Å². The quantitative estimate of drug-likeness (QED) is 0.870. The SMILES string of the molecule is Cc1ccc(CCC(=O)NCC(C)(C)N2CCCC(C)C2)cc1. The molecule has 1 heterocycles. The molecule has 0 aromatic heterocycles. The molecule has 3 heteroatoms. The van der Waals surface area contributed by atoms with E-state index in [0.29, 0.717) is 6.42 Å². The average Bonchev–Trinajstić information content (AvgIpc) is 2.52. The van der Waals surface area contributed by atoms with Gasteiger partial charge < -0.3 is 5.32 Å². The second kappa shape index (κ2) is 7.96. The molecule has 1 amide bonds. The van der Waals surface area contributed by atoms with Crippen molar-refractivity contribution in [1.29, 1.82) is 0 Å². The van der Waals surface area contributed by atoms with Crippen molar-refractivity contribution in [3.05, 3.63) is 35.4 Å². The predicted octanol–water partition coefficient (Wildman–Crippen LogP) is 3.55. The molecule has 1 saturated heterocycles. The molecule has 1 aromatic rings. The maximum atomic E-state index is 12.1. The molecule has 1 N–H and O–H groups in total. The summed E-state index contributed by atoms with van der Waals surface area (Å²) in [5.74, 6) is 0.920. The summed E-state index contributed by atoms with van der Waals surface area (Å²) < 4.78 is 0. The van der Waals surface area contributed by atoms with Crippen LogP contribution in [0.25, 0.3) is 0 Å². The van der Waals surface area contributed by atoms with Crippen LogP contribution in [0.2, 0.25) is 0 Å². The topological polar surface area (TPSA) is 32.3 Å². The highest BCUT2D eigenvalue weighted by Crippen LogP contribution is 2.23. The molecule has 1 unspecified atom stereocenters. The number of likely N-dealkylation sites (tertiary alicyclic amines) is 1. The molecule has 23 heavy (non-hydrogen) atoms. The van der Waals surface area contributed by atoms with E-state index < -0.39 is 0 Å². The summed E-state index contributed by atoms with van der Waals surface area (Å²) in [5, 5.41) is 3.14. The number of rotatable bonds is 6. The van der Waals surface area contributed by atoms with Crippen LogP contribution in [0.3, 0.4) is 0 Å². The number of piperidine rings is 1. The van der Waals surface area contributed by atoms with E-state index in [1.165, 1.54) is 24.0 Å². The van der Waals surface area contributed by atoms with E-state index in [4.69, 9.17) is 0 Å². The molecule has 0 radical (unpaired) electrons. The van der Waals surface area contributed by atoms with Crippen molar-refractivity contribution in [2.75, 3.05) is 19.6 Å². The number of hydrogen-bond acceptors (Lipinski definition) is 2. The van der Waals surface area contributed by atoms with Crippen LogP contribution in [0.15, 0.2) is 24.3 Å². The third-order valence-corrected chi connectivity index (χ3v) is 4.99. The minimum atomic E-state index is 0.0359. The van der Waals surface area contributed by atoms with Gasteiger partial charge in [0.05, 0.1) is 0 Å². The molecule has 0 aliphatic carbocycles. The molecular formula is C20H32N2O. The molecule has 1 aromatic carbocycles. The van der Waals surface area contributed by atoms with Crippen LogP contribution in [0.4, 0.5) is 0 Å². The first-order chi connectivity index (χ1) is 10.9. The predicted molar refractivity (Wildman–Crippen MR) is 96.6 cm³/mol. The summed E-state index contributed by atoms with van der Waals surface area (Å²) >= 11 is 0. The van der Waals surface area contributed by atoms with E-state index in [2.05, 4.69) is 62.2 Å². The summed E-state index contributed by atoms with van der Waals surface area (Å²) in [6.07, 6.45) is 3.98. The fourth-order valence-corrected chi connectivity index (χ4v) is 3.27. The first kappa shape index (κ1) is 18.0.